The van der Waals surface area contributed by atoms with Gasteiger partial charge in [-0.2, -0.15) is 4.98 Å². The zero-order chi connectivity index (χ0) is 14.4. The third kappa shape index (κ3) is 2.26. The molecule has 1 aliphatic heterocycles. The van der Waals surface area contributed by atoms with E-state index >= 15 is 0 Å². The Bertz CT molecular complexity index is 880. The molecule has 3 heterocycles. The zero-order valence-corrected chi connectivity index (χ0v) is 13.7. The van der Waals surface area contributed by atoms with Crippen molar-refractivity contribution in [1.82, 2.24) is 4.98 Å². The third-order valence-electron chi connectivity index (χ3n) is 3.81. The molecule has 0 amide bonds. The van der Waals surface area contributed by atoms with E-state index < -0.39 is 0 Å². The van der Waals surface area contributed by atoms with Crippen molar-refractivity contribution >= 4 is 53.8 Å². The summed E-state index contributed by atoms with van der Waals surface area (Å²) >= 11 is 4.84. The van der Waals surface area contributed by atoms with Crippen molar-refractivity contribution in [2.45, 2.75) is 19.3 Å². The maximum Gasteiger partial charge on any atom is 0.243 e. The Kier molecular flexibility index (Phi) is 3.23. The number of halogens is 1. The molecule has 0 spiro atoms. The summed E-state index contributed by atoms with van der Waals surface area (Å²) in [6.07, 6.45) is 3.65. The van der Waals surface area contributed by atoms with Crippen molar-refractivity contribution < 1.29 is 4.42 Å². The second-order valence-corrected chi connectivity index (χ2v) is 7.14. The second kappa shape index (κ2) is 5.10. The number of nitrogens with zero attached hydrogens (tertiary/aromatic N) is 2. The summed E-state index contributed by atoms with van der Waals surface area (Å²) < 4.78 is 7.29. The maximum absolute atomic E-state index is 12.6. The molecule has 0 unspecified atom stereocenters. The highest BCUT2D eigenvalue weighted by molar-refractivity contribution is 9.10. The van der Waals surface area contributed by atoms with Crippen LogP contribution in [0.25, 0.3) is 21.4 Å². The van der Waals surface area contributed by atoms with Crippen LogP contribution in [0.3, 0.4) is 0 Å². The monoisotopic (exact) mass is 364 g/mol. The molecule has 0 aliphatic carbocycles. The molecule has 6 heteroatoms. The van der Waals surface area contributed by atoms with E-state index in [1.165, 1.54) is 30.6 Å². The number of benzene rings is 1. The summed E-state index contributed by atoms with van der Waals surface area (Å²) in [6, 6.07) is 5.48. The van der Waals surface area contributed by atoms with E-state index in [1.54, 1.807) is 12.1 Å². The van der Waals surface area contributed by atoms with Crippen molar-refractivity contribution in [1.29, 1.82) is 0 Å². The summed E-state index contributed by atoms with van der Waals surface area (Å²) in [5, 5.41) is 1.51. The summed E-state index contributed by atoms with van der Waals surface area (Å²) in [6.45, 7) is 2.03. The molecule has 1 aliphatic rings. The lowest BCUT2D eigenvalue weighted by molar-refractivity contribution is 0.575. The summed E-state index contributed by atoms with van der Waals surface area (Å²) in [4.78, 5) is 19.4. The fourth-order valence-corrected chi connectivity index (χ4v) is 4.08. The normalized spacial score (nSPS) is 16.0. The SMILES string of the molecule is O=c1c2cc(Br)ccc2oc2nc(N3CCCCC3)sc12. The molecule has 1 fully saturated rings. The van der Waals surface area contributed by atoms with Crippen molar-refractivity contribution in [2.24, 2.45) is 0 Å². The van der Waals surface area contributed by atoms with Gasteiger partial charge in [0.05, 0.1) is 5.39 Å². The van der Waals surface area contributed by atoms with Gasteiger partial charge in [0.1, 0.15) is 10.3 Å². The molecule has 21 heavy (non-hydrogen) atoms. The Morgan fingerprint density at radius 1 is 1.24 bits per heavy atom. The molecule has 0 atom stereocenters. The molecule has 2 aromatic heterocycles. The van der Waals surface area contributed by atoms with Gasteiger partial charge in [0.25, 0.3) is 0 Å². The average Bonchev–Trinajstić information content (AvgIpc) is 2.94. The lowest BCUT2D eigenvalue weighted by atomic mass is 10.1. The van der Waals surface area contributed by atoms with Crippen LogP contribution >= 0.6 is 27.3 Å². The quantitative estimate of drug-likeness (QED) is 0.650. The van der Waals surface area contributed by atoms with E-state index in [1.807, 2.05) is 6.07 Å². The molecule has 1 saturated heterocycles. The molecule has 108 valence electrons. The van der Waals surface area contributed by atoms with Crippen LogP contribution in [-0.4, -0.2) is 18.1 Å². The van der Waals surface area contributed by atoms with Crippen molar-refractivity contribution in [3.05, 3.63) is 32.9 Å². The zero-order valence-electron chi connectivity index (χ0n) is 11.3. The van der Waals surface area contributed by atoms with E-state index in [4.69, 9.17) is 4.42 Å². The summed E-state index contributed by atoms with van der Waals surface area (Å²) in [5.74, 6) is 0. The highest BCUT2D eigenvalue weighted by atomic mass is 79.9. The first-order chi connectivity index (χ1) is 10.2. The summed E-state index contributed by atoms with van der Waals surface area (Å²) in [5.41, 5.74) is 1.06. The van der Waals surface area contributed by atoms with Crippen LogP contribution in [0.1, 0.15) is 19.3 Å². The number of fused-ring (bicyclic) bond motifs is 2. The first-order valence-electron chi connectivity index (χ1n) is 7.00. The Labute approximate surface area is 133 Å². The van der Waals surface area contributed by atoms with Gasteiger partial charge in [0.2, 0.25) is 11.1 Å². The fourth-order valence-electron chi connectivity index (χ4n) is 2.72. The van der Waals surface area contributed by atoms with E-state index in [9.17, 15) is 4.79 Å². The molecule has 4 nitrogen and oxygen atoms in total. The van der Waals surface area contributed by atoms with E-state index in [2.05, 4.69) is 25.8 Å². The molecule has 0 radical (unpaired) electrons. The van der Waals surface area contributed by atoms with Gasteiger partial charge < -0.3 is 9.32 Å². The molecular weight excluding hydrogens is 352 g/mol. The number of hydrogen-bond donors (Lipinski definition) is 0. The Balaban J connectivity index is 1.92. The first-order valence-corrected chi connectivity index (χ1v) is 8.61. The number of piperidine rings is 1. The van der Waals surface area contributed by atoms with Gasteiger partial charge in [-0.25, -0.2) is 0 Å². The number of rotatable bonds is 1. The van der Waals surface area contributed by atoms with Crippen LogP contribution in [0.5, 0.6) is 0 Å². The van der Waals surface area contributed by atoms with E-state index in [0.717, 1.165) is 22.7 Å². The molecule has 0 bridgehead atoms. The molecule has 0 N–H and O–H groups in total. The lowest BCUT2D eigenvalue weighted by Gasteiger charge is -2.25. The van der Waals surface area contributed by atoms with E-state index in [0.29, 0.717) is 21.4 Å². The number of thiazole rings is 1. The minimum Gasteiger partial charge on any atom is -0.437 e. The molecule has 4 rings (SSSR count). The van der Waals surface area contributed by atoms with Gasteiger partial charge in [0.15, 0.2) is 5.13 Å². The first kappa shape index (κ1) is 13.3. The highest BCUT2D eigenvalue weighted by Crippen LogP contribution is 2.31. The maximum atomic E-state index is 12.6. The largest absolute Gasteiger partial charge is 0.437 e. The summed E-state index contributed by atoms with van der Waals surface area (Å²) in [7, 11) is 0. The smallest absolute Gasteiger partial charge is 0.243 e. The van der Waals surface area contributed by atoms with Gasteiger partial charge in [0, 0.05) is 17.6 Å². The molecule has 0 saturated carbocycles. The van der Waals surface area contributed by atoms with Crippen LogP contribution < -0.4 is 10.3 Å². The number of anilines is 1. The molecule has 1 aromatic carbocycles. The van der Waals surface area contributed by atoms with E-state index in [-0.39, 0.29) is 5.43 Å². The van der Waals surface area contributed by atoms with Gasteiger partial charge in [-0.05, 0) is 37.5 Å². The second-order valence-electron chi connectivity index (χ2n) is 5.25. The van der Waals surface area contributed by atoms with Crippen LogP contribution in [0.4, 0.5) is 5.13 Å². The van der Waals surface area contributed by atoms with Crippen LogP contribution in [0.15, 0.2) is 31.9 Å². The topological polar surface area (TPSA) is 46.3 Å². The Morgan fingerprint density at radius 2 is 2.05 bits per heavy atom. The Morgan fingerprint density at radius 3 is 2.86 bits per heavy atom. The van der Waals surface area contributed by atoms with Crippen molar-refractivity contribution in [2.75, 3.05) is 18.0 Å². The van der Waals surface area contributed by atoms with Gasteiger partial charge >= 0.3 is 0 Å². The minimum absolute atomic E-state index is 0.00769. The predicted molar refractivity (Wildman–Crippen MR) is 89.4 cm³/mol. The van der Waals surface area contributed by atoms with Gasteiger partial charge in [-0.3, -0.25) is 4.79 Å². The predicted octanol–water partition coefficient (Wildman–Crippen LogP) is 4.16. The van der Waals surface area contributed by atoms with Crippen LogP contribution in [-0.2, 0) is 0 Å². The molecular formula is C15H13BrN2O2S. The van der Waals surface area contributed by atoms with Gasteiger partial charge in [-0.1, -0.05) is 27.3 Å². The average molecular weight is 365 g/mol. The van der Waals surface area contributed by atoms with Crippen molar-refractivity contribution in [3.63, 3.8) is 0 Å². The highest BCUT2D eigenvalue weighted by Gasteiger charge is 2.18. The van der Waals surface area contributed by atoms with Crippen LogP contribution in [0, 0.1) is 0 Å². The van der Waals surface area contributed by atoms with Crippen molar-refractivity contribution in [3.8, 4) is 0 Å². The van der Waals surface area contributed by atoms with Gasteiger partial charge in [-0.15, -0.1) is 0 Å². The number of hydrogen-bond acceptors (Lipinski definition) is 5. The molecule has 3 aromatic rings. The third-order valence-corrected chi connectivity index (χ3v) is 5.40. The van der Waals surface area contributed by atoms with Crippen LogP contribution in [0.2, 0.25) is 0 Å². The minimum atomic E-state index is 0.00769. The fraction of sp³-hybridized carbons (Fsp3) is 0.333. The standard InChI is InChI=1S/C15H13BrN2O2S/c16-9-4-5-11-10(8-9)12(19)13-14(20-11)17-15(21-13)18-6-2-1-3-7-18/h4-5,8H,1-3,6-7H2. The number of aromatic nitrogens is 1. The lowest BCUT2D eigenvalue weighted by Crippen LogP contribution is -2.29. The Hall–Kier alpha value is -1.40.